The van der Waals surface area contributed by atoms with E-state index in [1.54, 1.807) is 27.4 Å². The molecule has 668 valence electrons. The van der Waals surface area contributed by atoms with Crippen LogP contribution in [-0.4, -0.2) is 54.6 Å². The molecule has 0 amide bonds. The van der Waals surface area contributed by atoms with Crippen molar-refractivity contribution in [1.82, 2.24) is 29.3 Å². The molecule has 3 aromatic heterocycles. The number of anilines is 6. The number of benzene rings is 16. The number of para-hydroxylation sites is 3. The van der Waals surface area contributed by atoms with Crippen LogP contribution in [0.5, 0.6) is 23.0 Å². The van der Waals surface area contributed by atoms with Crippen molar-refractivity contribution in [2.75, 3.05) is 29.7 Å². The molecule has 22 rings (SSSR count). The van der Waals surface area contributed by atoms with Crippen molar-refractivity contribution in [3.05, 3.63) is 498 Å². The average molecular weight is 2290 g/mol. The SMILES string of the molecule is Cc1cc(C)c(B(c2[c-]c(N3[CH-]N(c4ccccc4)C(c4ccccc4)=N3)ccc2)c2[c-]c(-n3cc(-c4ccccc4)c(-c4ccccc4)n3)ccc2)c(C)c1.[Pt].[Pt].[Pt].[c-]1c(Oc2[c-]c(-n3cc(-c4ccccc4)c(-c4ccccc4)n3)ccc2)cccc1N1[CH-]N(c2ccccc2)C=N1.[c-]1c(Oc2[c-]c(-n3ccc(-c4ccccc4)n3)ccc2)cccc1N1[CH-]N(c2ccccc2)C=N1. The Morgan fingerprint density at radius 1 is 0.296 bits per heavy atom. The van der Waals surface area contributed by atoms with Gasteiger partial charge in [0.25, 0.3) is 0 Å². The molecule has 0 aliphatic carbocycles. The maximum Gasteiger partial charge on any atom is 0.192 e. The van der Waals surface area contributed by atoms with E-state index < -0.39 is 0 Å². The van der Waals surface area contributed by atoms with Crippen molar-refractivity contribution in [3.8, 4) is 96.1 Å². The molecule has 0 radical (unpaired) electrons. The van der Waals surface area contributed by atoms with Gasteiger partial charge in [0.1, 0.15) is 17.2 Å². The summed E-state index contributed by atoms with van der Waals surface area (Å²) in [6, 6.07) is 155. The Morgan fingerprint density at radius 2 is 0.637 bits per heavy atom. The number of ether oxygens (including phenoxy) is 2. The molecule has 3 aliphatic heterocycles. The number of rotatable bonds is 22. The van der Waals surface area contributed by atoms with E-state index in [9.17, 15) is 0 Å². The van der Waals surface area contributed by atoms with Crippen molar-refractivity contribution in [2.24, 2.45) is 15.3 Å². The summed E-state index contributed by atoms with van der Waals surface area (Å²) in [5.41, 5.74) is 26.2. The molecule has 19 aromatic rings. The molecule has 0 saturated carbocycles. The minimum atomic E-state index is -0.154. The zero-order chi connectivity index (χ0) is 88.9. The second kappa shape index (κ2) is 42.9. The van der Waals surface area contributed by atoms with Crippen LogP contribution in [-0.2, 0) is 63.2 Å². The number of hydrazone groups is 3. The summed E-state index contributed by atoms with van der Waals surface area (Å²) in [7, 11) is 0. The first-order valence-corrected chi connectivity index (χ1v) is 43.4. The molecule has 0 atom stereocenters. The van der Waals surface area contributed by atoms with E-state index in [-0.39, 0.29) is 69.9 Å². The van der Waals surface area contributed by atoms with Gasteiger partial charge in [0.2, 0.25) is 0 Å². The minimum absolute atomic E-state index is 0. The van der Waals surface area contributed by atoms with Gasteiger partial charge in [0.05, 0.1) is 18.4 Å². The molecule has 16 aromatic carbocycles. The molecule has 6 heterocycles. The quantitative estimate of drug-likeness (QED) is 0.0475. The smallest absolute Gasteiger partial charge is 0.192 e. The molecule has 17 nitrogen and oxygen atoms in total. The monoisotopic (exact) mass is 2290 g/mol. The van der Waals surface area contributed by atoms with Gasteiger partial charge in [-0.05, 0) is 91.4 Å². The first-order valence-electron chi connectivity index (χ1n) is 43.4. The summed E-state index contributed by atoms with van der Waals surface area (Å²) in [5, 5.41) is 34.4. The Kier molecular flexibility index (Phi) is 29.1. The molecule has 3 aliphatic rings. The number of aromatic nitrogens is 6. The van der Waals surface area contributed by atoms with Gasteiger partial charge in [-0.25, -0.2) is 0 Å². The average Bonchev–Trinajstić information content (AvgIpc) is 1.73. The number of aryl methyl sites for hydroxylation is 3. The van der Waals surface area contributed by atoms with Crippen LogP contribution in [0.3, 0.4) is 0 Å². The van der Waals surface area contributed by atoms with Crippen LogP contribution in [0.15, 0.2) is 434 Å². The molecule has 0 fully saturated rings. The largest absolute Gasteiger partial charge is 0.509 e. The van der Waals surface area contributed by atoms with E-state index in [1.807, 2.05) is 299 Å². The standard InChI is InChI=1S/C50H39BN5.C35H24N5O.C29H20N5O.3Pt/c1-36-30-37(2)48(38(3)31-36)51(42-24-16-28-45(32-42)55-34-47(39-18-8-4-9-19-39)49(52-55)40-20-10-5-11-21-40)43-25-17-29-46(33-43)56-35-54(44-26-14-7-15-27-44)50(53-56)41-22-12-6-13-23-41;1-4-12-27(13-5-1)34-24-39(37-35(34)28-14-6-2-7-15-28)30-18-10-20-32(22-30)41-33-21-11-19-31(23-33)40-26-38(25-36-40)29-16-8-3-9-17-29;1-3-9-23(10-4-1)29-17-18-33(31-29)25-13-7-15-27(19-25)35-28-16-8-14-26(20-28)34-22-32(21-30-34)24-11-5-2-6-12-24;;;/h4-31,34-35H,1-3H3;1-21,24-26H;1-18,21-22H;;;/q3*-3;;;. The molecule has 0 N–H and O–H groups in total. The fraction of sp³-hybridized carbons (Fsp3) is 0.0263. The Labute approximate surface area is 830 Å². The van der Waals surface area contributed by atoms with Gasteiger partial charge in [0, 0.05) is 155 Å². The molecule has 0 bridgehead atoms. The van der Waals surface area contributed by atoms with Crippen LogP contribution in [0.1, 0.15) is 22.3 Å². The second-order valence-electron chi connectivity index (χ2n) is 31.5. The number of amidine groups is 1. The zero-order valence-corrected chi connectivity index (χ0v) is 80.1. The maximum atomic E-state index is 6.20. The summed E-state index contributed by atoms with van der Waals surface area (Å²) in [5.74, 6) is 3.12. The summed E-state index contributed by atoms with van der Waals surface area (Å²) in [6.07, 6.45) is 9.62. The van der Waals surface area contributed by atoms with Crippen molar-refractivity contribution in [2.45, 2.75) is 20.8 Å². The van der Waals surface area contributed by atoms with Gasteiger partial charge in [0.15, 0.2) is 6.71 Å². The van der Waals surface area contributed by atoms with Gasteiger partial charge >= 0.3 is 0 Å². The minimum Gasteiger partial charge on any atom is -0.509 e. The van der Waals surface area contributed by atoms with Crippen LogP contribution in [0, 0.1) is 77.2 Å². The Hall–Kier alpha value is -15.3. The Morgan fingerprint density at radius 3 is 1.07 bits per heavy atom. The molecular weight excluding hydrogens is 2210 g/mol. The fourth-order valence-corrected chi connectivity index (χ4v) is 16.2. The van der Waals surface area contributed by atoms with Crippen LogP contribution in [0.25, 0.3) is 73.1 Å². The molecule has 21 heteroatoms. The topological polar surface area (TPSA) is 128 Å². The summed E-state index contributed by atoms with van der Waals surface area (Å²) in [6.45, 7) is 12.3. The predicted molar refractivity (Wildman–Crippen MR) is 533 cm³/mol. The molecule has 135 heavy (non-hydrogen) atoms. The molecular formula is C114H83BN15O2Pt3-9. The van der Waals surface area contributed by atoms with Gasteiger partial charge < -0.3 is 39.2 Å². The van der Waals surface area contributed by atoms with E-state index in [2.05, 4.69) is 241 Å². The van der Waals surface area contributed by atoms with E-state index >= 15 is 0 Å². The maximum absolute atomic E-state index is 6.20. The molecule has 0 spiro atoms. The van der Waals surface area contributed by atoms with Gasteiger partial charge in [-0.3, -0.25) is 14.0 Å². The zero-order valence-electron chi connectivity index (χ0n) is 73.3. The first kappa shape index (κ1) is 91.6. The molecule has 0 unspecified atom stereocenters. The van der Waals surface area contributed by atoms with Crippen molar-refractivity contribution < 1.29 is 72.7 Å². The van der Waals surface area contributed by atoms with E-state index in [0.717, 1.165) is 130 Å². The van der Waals surface area contributed by atoms with Crippen molar-refractivity contribution >= 4 is 75.7 Å². The van der Waals surface area contributed by atoms with Crippen LogP contribution in [0.4, 0.5) is 34.1 Å². The summed E-state index contributed by atoms with van der Waals surface area (Å²) in [4.78, 5) is 6.04. The third-order valence-corrected chi connectivity index (χ3v) is 22.4. The van der Waals surface area contributed by atoms with Gasteiger partial charge in [-0.1, -0.05) is 288 Å². The van der Waals surface area contributed by atoms with Crippen molar-refractivity contribution in [3.63, 3.8) is 0 Å². The predicted octanol–water partition coefficient (Wildman–Crippen LogP) is 23.4. The van der Waals surface area contributed by atoms with E-state index in [0.29, 0.717) is 23.0 Å². The van der Waals surface area contributed by atoms with E-state index in [1.165, 1.54) is 22.2 Å². The van der Waals surface area contributed by atoms with Crippen LogP contribution >= 0.6 is 0 Å². The van der Waals surface area contributed by atoms with Crippen molar-refractivity contribution in [1.29, 1.82) is 0 Å². The normalized spacial score (nSPS) is 12.3. The number of hydrogen-bond acceptors (Lipinski definition) is 14. The first-order chi connectivity index (χ1) is 65.1. The van der Waals surface area contributed by atoms with Crippen LogP contribution in [0.2, 0.25) is 0 Å². The fourth-order valence-electron chi connectivity index (χ4n) is 16.2. The molecule has 0 saturated heterocycles. The second-order valence-corrected chi connectivity index (χ2v) is 31.5. The Balaban J connectivity index is 0.000000143. The van der Waals surface area contributed by atoms with Crippen LogP contribution < -0.4 is 55.6 Å². The van der Waals surface area contributed by atoms with E-state index in [4.69, 9.17) is 24.8 Å². The Bertz CT molecular complexity index is 7150. The van der Waals surface area contributed by atoms with Gasteiger partial charge in [-0.2, -0.15) is 102 Å². The third kappa shape index (κ3) is 21.3. The summed E-state index contributed by atoms with van der Waals surface area (Å²) < 4.78 is 17.9. The number of hydrogen-bond donors (Lipinski definition) is 0. The van der Waals surface area contributed by atoms with Gasteiger partial charge in [-0.15, -0.1) is 105 Å². The summed E-state index contributed by atoms with van der Waals surface area (Å²) >= 11 is 0. The number of nitrogens with zero attached hydrogens (tertiary/aromatic N) is 15. The third-order valence-electron chi connectivity index (χ3n) is 22.4.